The van der Waals surface area contributed by atoms with Gasteiger partial charge in [-0.3, -0.25) is 4.79 Å². The normalized spacial score (nSPS) is 12.7. The Morgan fingerprint density at radius 2 is 1.95 bits per heavy atom. The molecule has 0 heterocycles. The fraction of sp³-hybridized carbons (Fsp3) is 0.333. The first kappa shape index (κ1) is 16.5. The molecule has 0 aromatic heterocycles. The van der Waals surface area contributed by atoms with Crippen LogP contribution in [-0.4, -0.2) is 37.2 Å². The highest BCUT2D eigenvalue weighted by Gasteiger charge is 2.26. The fourth-order valence-electron chi connectivity index (χ4n) is 1.59. The van der Waals surface area contributed by atoms with E-state index in [4.69, 9.17) is 16.7 Å². The summed E-state index contributed by atoms with van der Waals surface area (Å²) in [6.45, 7) is 1.12. The molecule has 1 aromatic carbocycles. The number of rotatable bonds is 6. The van der Waals surface area contributed by atoms with E-state index < -0.39 is 33.5 Å². The molecule has 0 radical (unpaired) electrons. The Kier molecular flexibility index (Phi) is 5.52. The van der Waals surface area contributed by atoms with Crippen LogP contribution in [0.2, 0.25) is 5.02 Å². The van der Waals surface area contributed by atoms with Crippen molar-refractivity contribution in [3.63, 3.8) is 0 Å². The quantitative estimate of drug-likeness (QED) is 0.809. The zero-order valence-corrected chi connectivity index (χ0v) is 12.2. The molecule has 0 spiro atoms. The zero-order chi connectivity index (χ0) is 15.3. The number of aliphatic carboxylic acids is 1. The van der Waals surface area contributed by atoms with E-state index in [1.165, 1.54) is 0 Å². The number of halogens is 1. The smallest absolute Gasteiger partial charge is 0.327 e. The fourth-order valence-corrected chi connectivity index (χ4v) is 3.44. The summed E-state index contributed by atoms with van der Waals surface area (Å²) in [6.07, 6.45) is 0. The molecule has 0 saturated heterocycles. The lowest BCUT2D eigenvalue weighted by Gasteiger charge is -2.14. The standard InChI is InChI=1S/C12H14ClNO5S/c1-8(15)14-11(12(16)17)7-20(18,19)6-9-4-2-3-5-10(9)13/h2-5,11H,6-7H2,1H3,(H,14,15)(H,16,17)/t11-/m0/s1. The Hall–Kier alpha value is -1.60. The third kappa shape index (κ3) is 5.18. The second-order valence-electron chi connectivity index (χ2n) is 4.24. The van der Waals surface area contributed by atoms with Crippen LogP contribution in [0.25, 0.3) is 0 Å². The number of nitrogens with one attached hydrogen (secondary N) is 1. The maximum Gasteiger partial charge on any atom is 0.327 e. The van der Waals surface area contributed by atoms with E-state index in [9.17, 15) is 18.0 Å². The molecule has 110 valence electrons. The van der Waals surface area contributed by atoms with Gasteiger partial charge in [0.1, 0.15) is 6.04 Å². The van der Waals surface area contributed by atoms with Gasteiger partial charge in [0.15, 0.2) is 9.84 Å². The van der Waals surface area contributed by atoms with Crippen molar-refractivity contribution < 1.29 is 23.1 Å². The summed E-state index contributed by atoms with van der Waals surface area (Å²) in [5.74, 6) is -3.07. The van der Waals surface area contributed by atoms with E-state index in [-0.39, 0.29) is 5.75 Å². The monoisotopic (exact) mass is 319 g/mol. The number of hydrogen-bond donors (Lipinski definition) is 2. The Morgan fingerprint density at radius 1 is 1.35 bits per heavy atom. The van der Waals surface area contributed by atoms with Crippen LogP contribution in [0.1, 0.15) is 12.5 Å². The van der Waals surface area contributed by atoms with Crippen molar-refractivity contribution in [3.8, 4) is 0 Å². The molecule has 1 rings (SSSR count). The van der Waals surface area contributed by atoms with Gasteiger partial charge in [0.25, 0.3) is 0 Å². The van der Waals surface area contributed by atoms with E-state index in [1.807, 2.05) is 0 Å². The van der Waals surface area contributed by atoms with Crippen molar-refractivity contribution in [2.75, 3.05) is 5.75 Å². The number of carboxylic acids is 1. The SMILES string of the molecule is CC(=O)N[C@@H](CS(=O)(=O)Cc1ccccc1Cl)C(=O)O. The average molecular weight is 320 g/mol. The van der Waals surface area contributed by atoms with Crippen molar-refractivity contribution in [1.82, 2.24) is 5.32 Å². The topological polar surface area (TPSA) is 101 Å². The summed E-state index contributed by atoms with van der Waals surface area (Å²) in [6, 6.07) is 4.93. The minimum atomic E-state index is -3.73. The molecule has 0 aliphatic heterocycles. The molecule has 1 aromatic rings. The predicted molar refractivity (Wildman–Crippen MR) is 74.2 cm³/mol. The molecule has 0 unspecified atom stereocenters. The van der Waals surface area contributed by atoms with Crippen LogP contribution in [0.4, 0.5) is 0 Å². The molecule has 0 aliphatic carbocycles. The lowest BCUT2D eigenvalue weighted by Crippen LogP contribution is -2.44. The average Bonchev–Trinajstić information content (AvgIpc) is 2.30. The van der Waals surface area contributed by atoms with Crippen molar-refractivity contribution in [2.24, 2.45) is 0 Å². The Morgan fingerprint density at radius 3 is 2.45 bits per heavy atom. The van der Waals surface area contributed by atoms with Crippen LogP contribution in [0.5, 0.6) is 0 Å². The first-order valence-corrected chi connectivity index (χ1v) is 7.85. The number of carboxylic acid groups (broad SMARTS) is 1. The van der Waals surface area contributed by atoms with E-state index in [1.54, 1.807) is 24.3 Å². The zero-order valence-electron chi connectivity index (χ0n) is 10.7. The molecule has 1 atom stereocenters. The number of hydrogen-bond acceptors (Lipinski definition) is 4. The van der Waals surface area contributed by atoms with Crippen molar-refractivity contribution in [2.45, 2.75) is 18.7 Å². The molecule has 6 nitrogen and oxygen atoms in total. The van der Waals surface area contributed by atoms with Crippen LogP contribution in [-0.2, 0) is 25.2 Å². The number of sulfone groups is 1. The van der Waals surface area contributed by atoms with Gasteiger partial charge in [-0.1, -0.05) is 29.8 Å². The van der Waals surface area contributed by atoms with E-state index in [0.717, 1.165) is 6.92 Å². The van der Waals surface area contributed by atoms with Crippen molar-refractivity contribution in [1.29, 1.82) is 0 Å². The molecular formula is C12H14ClNO5S. The van der Waals surface area contributed by atoms with Crippen LogP contribution in [0.15, 0.2) is 24.3 Å². The molecule has 0 saturated carbocycles. The summed E-state index contributed by atoms with van der Waals surface area (Å²) in [5.41, 5.74) is 0.390. The van der Waals surface area contributed by atoms with Crippen molar-refractivity contribution in [3.05, 3.63) is 34.9 Å². The molecule has 0 bridgehead atoms. The third-order valence-corrected chi connectivity index (χ3v) is 4.39. The summed E-state index contributed by atoms with van der Waals surface area (Å²) in [5, 5.41) is 11.3. The maximum atomic E-state index is 12.0. The maximum absolute atomic E-state index is 12.0. The summed E-state index contributed by atoms with van der Waals surface area (Å²) in [7, 11) is -3.73. The molecular weight excluding hydrogens is 306 g/mol. The summed E-state index contributed by atoms with van der Waals surface area (Å²) in [4.78, 5) is 21.8. The number of carbonyl (C=O) groups is 2. The van der Waals surface area contributed by atoms with Gasteiger partial charge in [-0.05, 0) is 11.6 Å². The molecule has 8 heteroatoms. The minimum absolute atomic E-state index is 0.294. The first-order valence-electron chi connectivity index (χ1n) is 5.65. The van der Waals surface area contributed by atoms with Crippen LogP contribution >= 0.6 is 11.6 Å². The van der Waals surface area contributed by atoms with Gasteiger partial charge in [0.2, 0.25) is 5.91 Å². The lowest BCUT2D eigenvalue weighted by molar-refractivity contribution is -0.140. The molecule has 0 fully saturated rings. The second kappa shape index (κ2) is 6.71. The molecule has 0 aliphatic rings. The summed E-state index contributed by atoms with van der Waals surface area (Å²) < 4.78 is 24.0. The molecule has 2 N–H and O–H groups in total. The minimum Gasteiger partial charge on any atom is -0.480 e. The molecule has 1 amide bonds. The van der Waals surface area contributed by atoms with Gasteiger partial charge < -0.3 is 10.4 Å². The van der Waals surface area contributed by atoms with Crippen LogP contribution in [0.3, 0.4) is 0 Å². The Bertz CT molecular complexity index is 614. The van der Waals surface area contributed by atoms with Gasteiger partial charge >= 0.3 is 5.97 Å². The van der Waals surface area contributed by atoms with Crippen molar-refractivity contribution >= 4 is 33.3 Å². The van der Waals surface area contributed by atoms with Gasteiger partial charge in [-0.2, -0.15) is 0 Å². The van der Waals surface area contributed by atoms with E-state index in [0.29, 0.717) is 10.6 Å². The highest BCUT2D eigenvalue weighted by Crippen LogP contribution is 2.18. The highest BCUT2D eigenvalue weighted by molar-refractivity contribution is 7.90. The van der Waals surface area contributed by atoms with Gasteiger partial charge in [0, 0.05) is 11.9 Å². The van der Waals surface area contributed by atoms with Gasteiger partial charge in [-0.15, -0.1) is 0 Å². The number of amides is 1. The van der Waals surface area contributed by atoms with Crippen LogP contribution < -0.4 is 5.32 Å². The van der Waals surface area contributed by atoms with Gasteiger partial charge in [-0.25, -0.2) is 13.2 Å². The third-order valence-electron chi connectivity index (χ3n) is 2.43. The number of carbonyl (C=O) groups excluding carboxylic acids is 1. The van der Waals surface area contributed by atoms with Crippen LogP contribution in [0, 0.1) is 0 Å². The first-order chi connectivity index (χ1) is 9.21. The Labute approximate surface area is 121 Å². The second-order valence-corrected chi connectivity index (χ2v) is 6.75. The van der Waals surface area contributed by atoms with Gasteiger partial charge in [0.05, 0.1) is 11.5 Å². The molecule has 20 heavy (non-hydrogen) atoms. The van der Waals surface area contributed by atoms with E-state index >= 15 is 0 Å². The predicted octanol–water partition coefficient (Wildman–Crippen LogP) is 0.844. The largest absolute Gasteiger partial charge is 0.480 e. The number of benzene rings is 1. The summed E-state index contributed by atoms with van der Waals surface area (Å²) >= 11 is 5.86. The lowest BCUT2D eigenvalue weighted by atomic mass is 10.2. The highest BCUT2D eigenvalue weighted by atomic mass is 35.5. The van der Waals surface area contributed by atoms with E-state index in [2.05, 4.69) is 5.32 Å². The Balaban J connectivity index is 2.86.